The van der Waals surface area contributed by atoms with Crippen LogP contribution >= 0.6 is 11.6 Å². The number of anilines is 2. The number of aromatic nitrogens is 1. The summed E-state index contributed by atoms with van der Waals surface area (Å²) in [6.07, 6.45) is 1.58. The second-order valence-electron chi connectivity index (χ2n) is 3.93. The van der Waals surface area contributed by atoms with E-state index in [0.717, 1.165) is 11.5 Å². The van der Waals surface area contributed by atoms with E-state index in [1.54, 1.807) is 18.3 Å². The zero-order valence-electron chi connectivity index (χ0n) is 10.3. The molecule has 0 aliphatic rings. The van der Waals surface area contributed by atoms with E-state index < -0.39 is 0 Å². The smallest absolute Gasteiger partial charge is 0.170 e. The van der Waals surface area contributed by atoms with E-state index in [1.807, 2.05) is 36.2 Å². The van der Waals surface area contributed by atoms with E-state index in [4.69, 9.17) is 22.5 Å². The van der Waals surface area contributed by atoms with Gasteiger partial charge in [0.2, 0.25) is 0 Å². The lowest BCUT2D eigenvalue weighted by Crippen LogP contribution is -2.15. The van der Waals surface area contributed by atoms with E-state index in [9.17, 15) is 0 Å². The average molecular weight is 277 g/mol. The van der Waals surface area contributed by atoms with Crippen LogP contribution in [-0.4, -0.2) is 23.1 Å². The predicted molar refractivity (Wildman–Crippen MR) is 76.3 cm³/mol. The van der Waals surface area contributed by atoms with Crippen LogP contribution in [0.5, 0.6) is 0 Å². The first-order valence-corrected chi connectivity index (χ1v) is 5.93. The summed E-state index contributed by atoms with van der Waals surface area (Å²) >= 11 is 5.81. The highest BCUT2D eigenvalue weighted by Crippen LogP contribution is 2.23. The molecule has 2 rings (SSSR count). The fraction of sp³-hybridized carbons (Fsp3) is 0.0769. The number of amidine groups is 1. The van der Waals surface area contributed by atoms with Gasteiger partial charge >= 0.3 is 0 Å². The lowest BCUT2D eigenvalue weighted by atomic mass is 10.2. The quantitative estimate of drug-likeness (QED) is 0.391. The summed E-state index contributed by atoms with van der Waals surface area (Å²) in [6.45, 7) is 0. The molecule has 19 heavy (non-hydrogen) atoms. The molecule has 0 amide bonds. The Morgan fingerprint density at radius 1 is 1.37 bits per heavy atom. The first-order valence-electron chi connectivity index (χ1n) is 5.55. The van der Waals surface area contributed by atoms with Gasteiger partial charge in [0.1, 0.15) is 5.82 Å². The molecule has 0 fully saturated rings. The Labute approximate surface area is 115 Å². The summed E-state index contributed by atoms with van der Waals surface area (Å²) in [5.41, 5.74) is 7.08. The maximum absolute atomic E-state index is 8.69. The number of pyridine rings is 1. The average Bonchev–Trinajstić information content (AvgIpc) is 2.46. The molecule has 3 N–H and O–H groups in total. The minimum Gasteiger partial charge on any atom is -0.409 e. The van der Waals surface area contributed by atoms with E-state index in [2.05, 4.69) is 10.1 Å². The molecule has 0 atom stereocenters. The molecule has 1 aromatic heterocycles. The largest absolute Gasteiger partial charge is 0.409 e. The molecule has 6 heteroatoms. The van der Waals surface area contributed by atoms with Crippen LogP contribution in [0, 0.1) is 0 Å². The summed E-state index contributed by atoms with van der Waals surface area (Å²) in [6, 6.07) is 10.9. The van der Waals surface area contributed by atoms with Crippen LogP contribution in [0.2, 0.25) is 5.02 Å². The molecule has 0 saturated carbocycles. The van der Waals surface area contributed by atoms with Crippen molar-refractivity contribution in [3.63, 3.8) is 0 Å². The first-order chi connectivity index (χ1) is 9.11. The van der Waals surface area contributed by atoms with Crippen molar-refractivity contribution in [2.75, 3.05) is 11.9 Å². The van der Waals surface area contributed by atoms with Crippen LogP contribution < -0.4 is 10.6 Å². The Morgan fingerprint density at radius 3 is 2.79 bits per heavy atom. The van der Waals surface area contributed by atoms with Gasteiger partial charge in [0, 0.05) is 24.5 Å². The van der Waals surface area contributed by atoms with Crippen molar-refractivity contribution in [1.29, 1.82) is 0 Å². The summed E-state index contributed by atoms with van der Waals surface area (Å²) in [4.78, 5) is 6.11. The van der Waals surface area contributed by atoms with E-state index in [-0.39, 0.29) is 5.84 Å². The maximum Gasteiger partial charge on any atom is 0.170 e. The molecule has 5 nitrogen and oxygen atoms in total. The zero-order valence-corrected chi connectivity index (χ0v) is 11.0. The highest BCUT2D eigenvalue weighted by Gasteiger charge is 2.07. The van der Waals surface area contributed by atoms with Crippen LogP contribution in [0.25, 0.3) is 0 Å². The third-order valence-electron chi connectivity index (χ3n) is 2.69. The van der Waals surface area contributed by atoms with Crippen molar-refractivity contribution in [2.24, 2.45) is 10.9 Å². The molecule has 0 spiro atoms. The van der Waals surface area contributed by atoms with E-state index in [1.165, 1.54) is 0 Å². The van der Waals surface area contributed by atoms with Crippen LogP contribution in [0.3, 0.4) is 0 Å². The minimum absolute atomic E-state index is 0.0688. The molecule has 2 aromatic rings. The van der Waals surface area contributed by atoms with Crippen LogP contribution in [0.1, 0.15) is 5.56 Å². The van der Waals surface area contributed by atoms with Gasteiger partial charge in [-0.3, -0.25) is 0 Å². The van der Waals surface area contributed by atoms with Crippen molar-refractivity contribution in [3.05, 3.63) is 53.2 Å². The van der Waals surface area contributed by atoms with Gasteiger partial charge in [-0.1, -0.05) is 28.9 Å². The Kier molecular flexibility index (Phi) is 3.87. The molecule has 1 aromatic carbocycles. The molecule has 98 valence electrons. The fourth-order valence-electron chi connectivity index (χ4n) is 1.63. The summed E-state index contributed by atoms with van der Waals surface area (Å²) < 4.78 is 0. The van der Waals surface area contributed by atoms with Crippen molar-refractivity contribution in [1.82, 2.24) is 4.98 Å². The van der Waals surface area contributed by atoms with Gasteiger partial charge in [0.05, 0.1) is 5.02 Å². The number of nitrogens with zero attached hydrogens (tertiary/aromatic N) is 3. The number of nitrogens with two attached hydrogens (primary N) is 1. The Hall–Kier alpha value is -2.27. The zero-order chi connectivity index (χ0) is 13.8. The third-order valence-corrected chi connectivity index (χ3v) is 2.92. The lowest BCUT2D eigenvalue weighted by Gasteiger charge is -2.18. The van der Waals surface area contributed by atoms with Gasteiger partial charge in [-0.2, -0.15) is 0 Å². The number of hydrogen-bond acceptors (Lipinski definition) is 4. The standard InChI is InChI=1S/C13H13ClN4O/c1-18(12-6-5-10(14)8-16-12)11-4-2-3-9(7-11)13(15)17-19/h2-8,19H,1H3,(H2,15,17). The van der Waals surface area contributed by atoms with Crippen molar-refractivity contribution >= 4 is 28.9 Å². The fourth-order valence-corrected chi connectivity index (χ4v) is 1.74. The molecule has 0 aliphatic heterocycles. The number of halogens is 1. The van der Waals surface area contributed by atoms with Gasteiger partial charge in [-0.25, -0.2) is 4.98 Å². The number of benzene rings is 1. The molecular formula is C13H13ClN4O. The second-order valence-corrected chi connectivity index (χ2v) is 4.37. The number of oxime groups is 1. The normalized spacial score (nSPS) is 11.4. The monoisotopic (exact) mass is 276 g/mol. The van der Waals surface area contributed by atoms with Gasteiger partial charge in [-0.15, -0.1) is 0 Å². The van der Waals surface area contributed by atoms with Crippen LogP contribution in [0.15, 0.2) is 47.8 Å². The molecule has 0 saturated heterocycles. The highest BCUT2D eigenvalue weighted by atomic mass is 35.5. The van der Waals surface area contributed by atoms with Crippen LogP contribution in [-0.2, 0) is 0 Å². The summed E-state index contributed by atoms with van der Waals surface area (Å²) in [5, 5.41) is 12.3. The second kappa shape index (κ2) is 5.58. The van der Waals surface area contributed by atoms with Gasteiger partial charge in [-0.05, 0) is 24.3 Å². The Balaban J connectivity index is 2.33. The summed E-state index contributed by atoms with van der Waals surface area (Å²) in [5.74, 6) is 0.820. The molecule has 0 bridgehead atoms. The Bertz CT molecular complexity index is 598. The maximum atomic E-state index is 8.69. The lowest BCUT2D eigenvalue weighted by molar-refractivity contribution is 0.318. The van der Waals surface area contributed by atoms with Crippen molar-refractivity contribution in [3.8, 4) is 0 Å². The van der Waals surface area contributed by atoms with E-state index in [0.29, 0.717) is 10.6 Å². The molecule has 0 aliphatic carbocycles. The molecule has 0 unspecified atom stereocenters. The van der Waals surface area contributed by atoms with Gasteiger partial charge in [0.25, 0.3) is 0 Å². The number of rotatable bonds is 3. The molecule has 1 heterocycles. The van der Waals surface area contributed by atoms with E-state index >= 15 is 0 Å². The number of hydrogen-bond donors (Lipinski definition) is 2. The van der Waals surface area contributed by atoms with Gasteiger partial charge in [0.15, 0.2) is 5.84 Å². The minimum atomic E-state index is 0.0688. The third kappa shape index (κ3) is 2.95. The van der Waals surface area contributed by atoms with Crippen molar-refractivity contribution in [2.45, 2.75) is 0 Å². The highest BCUT2D eigenvalue weighted by molar-refractivity contribution is 6.30. The SMILES string of the molecule is CN(c1cccc(C(N)=NO)c1)c1ccc(Cl)cn1. The predicted octanol–water partition coefficient (Wildman–Crippen LogP) is 2.60. The molecule has 0 radical (unpaired) electrons. The van der Waals surface area contributed by atoms with Crippen LogP contribution in [0.4, 0.5) is 11.5 Å². The topological polar surface area (TPSA) is 74.7 Å². The Morgan fingerprint density at radius 2 is 2.16 bits per heavy atom. The van der Waals surface area contributed by atoms with Gasteiger partial charge < -0.3 is 15.8 Å². The summed E-state index contributed by atoms with van der Waals surface area (Å²) in [7, 11) is 1.88. The molecular weight excluding hydrogens is 264 g/mol. The van der Waals surface area contributed by atoms with Crippen molar-refractivity contribution < 1.29 is 5.21 Å². The first kappa shape index (κ1) is 13.2.